The van der Waals surface area contributed by atoms with Crippen LogP contribution in [0.2, 0.25) is 0 Å². The molecule has 1 aromatic carbocycles. The van der Waals surface area contributed by atoms with Crippen LogP contribution in [0, 0.1) is 5.92 Å². The van der Waals surface area contributed by atoms with Gasteiger partial charge in [0.15, 0.2) is 5.96 Å². The number of benzene rings is 1. The average Bonchev–Trinajstić information content (AvgIpc) is 3.35. The lowest BCUT2D eigenvalue weighted by Crippen LogP contribution is -2.57. The Morgan fingerprint density at radius 1 is 1.10 bits per heavy atom. The number of aromatic hydroxyl groups is 1. The summed E-state index contributed by atoms with van der Waals surface area (Å²) >= 11 is 0. The molecule has 39 heavy (non-hydrogen) atoms. The number of phenolic OH excluding ortho intramolecular Hbond substituents is 1. The van der Waals surface area contributed by atoms with Gasteiger partial charge in [0.05, 0.1) is 6.04 Å². The number of nitrogens with two attached hydrogens (primary N) is 3. The number of likely N-dealkylation sites (tertiary alicyclic amines) is 1. The summed E-state index contributed by atoms with van der Waals surface area (Å²) in [5, 5.41) is 24.3. The smallest absolute Gasteiger partial charge is 0.326 e. The van der Waals surface area contributed by atoms with E-state index in [9.17, 15) is 29.4 Å². The number of rotatable bonds is 14. The summed E-state index contributed by atoms with van der Waals surface area (Å²) in [5.41, 5.74) is 17.4. The second kappa shape index (κ2) is 14.9. The van der Waals surface area contributed by atoms with Gasteiger partial charge in [-0.05, 0) is 62.1 Å². The minimum atomic E-state index is -1.20. The Balaban J connectivity index is 2.06. The van der Waals surface area contributed by atoms with Crippen LogP contribution in [0.5, 0.6) is 5.75 Å². The van der Waals surface area contributed by atoms with Crippen molar-refractivity contribution in [2.75, 3.05) is 13.1 Å². The lowest BCUT2D eigenvalue weighted by Gasteiger charge is -2.30. The Kier molecular flexibility index (Phi) is 12.0. The van der Waals surface area contributed by atoms with Crippen molar-refractivity contribution in [2.24, 2.45) is 28.1 Å². The SMILES string of the molecule is CC(C)CC(NC(=O)C(N)Cc1ccc(O)cc1)C(=O)N1CCCC1C(=O)NC(CCCN=C(N)N)C(=O)O. The Labute approximate surface area is 228 Å². The first-order chi connectivity index (χ1) is 18.4. The molecule has 1 heterocycles. The minimum Gasteiger partial charge on any atom is -0.508 e. The largest absolute Gasteiger partial charge is 0.508 e. The lowest BCUT2D eigenvalue weighted by molar-refractivity contribution is -0.145. The van der Waals surface area contributed by atoms with E-state index in [2.05, 4.69) is 15.6 Å². The van der Waals surface area contributed by atoms with Crippen LogP contribution in [0.15, 0.2) is 29.3 Å². The van der Waals surface area contributed by atoms with Gasteiger partial charge in [0.25, 0.3) is 0 Å². The van der Waals surface area contributed by atoms with Gasteiger partial charge >= 0.3 is 5.97 Å². The quantitative estimate of drug-likeness (QED) is 0.0895. The van der Waals surface area contributed by atoms with E-state index < -0.39 is 47.9 Å². The van der Waals surface area contributed by atoms with Crippen LogP contribution in [0.4, 0.5) is 0 Å². The molecule has 1 fully saturated rings. The molecule has 3 amide bonds. The monoisotopic (exact) mass is 547 g/mol. The van der Waals surface area contributed by atoms with E-state index in [0.717, 1.165) is 5.56 Å². The molecule has 1 aliphatic rings. The first-order valence-electron chi connectivity index (χ1n) is 13.1. The number of carboxylic acid groups (broad SMARTS) is 1. The van der Waals surface area contributed by atoms with E-state index in [4.69, 9.17) is 17.2 Å². The number of aliphatic carboxylic acids is 1. The first-order valence-corrected chi connectivity index (χ1v) is 13.1. The molecule has 2 rings (SSSR count). The molecule has 0 aliphatic carbocycles. The van der Waals surface area contributed by atoms with Gasteiger partial charge in [-0.25, -0.2) is 4.79 Å². The summed E-state index contributed by atoms with van der Waals surface area (Å²) in [6.07, 6.45) is 1.95. The van der Waals surface area contributed by atoms with Crippen LogP contribution in [0.25, 0.3) is 0 Å². The number of hydrogen-bond acceptors (Lipinski definition) is 7. The highest BCUT2D eigenvalue weighted by Crippen LogP contribution is 2.21. The van der Waals surface area contributed by atoms with Crippen LogP contribution in [-0.4, -0.2) is 82.0 Å². The van der Waals surface area contributed by atoms with Crippen molar-refractivity contribution in [3.8, 4) is 5.75 Å². The molecule has 0 spiro atoms. The summed E-state index contributed by atoms with van der Waals surface area (Å²) in [6.45, 7) is 4.36. The van der Waals surface area contributed by atoms with Crippen LogP contribution in [0.3, 0.4) is 0 Å². The number of carboxylic acids is 1. The number of phenols is 1. The molecule has 0 radical (unpaired) electrons. The molecular weight excluding hydrogens is 506 g/mol. The molecule has 4 atom stereocenters. The van der Waals surface area contributed by atoms with E-state index in [1.54, 1.807) is 12.1 Å². The number of nitrogens with one attached hydrogen (secondary N) is 2. The summed E-state index contributed by atoms with van der Waals surface area (Å²) in [5.74, 6) is -2.62. The number of hydrogen-bond donors (Lipinski definition) is 7. The van der Waals surface area contributed by atoms with Crippen molar-refractivity contribution in [2.45, 2.75) is 76.5 Å². The molecule has 13 heteroatoms. The molecule has 1 aliphatic heterocycles. The lowest BCUT2D eigenvalue weighted by atomic mass is 10.0. The highest BCUT2D eigenvalue weighted by molar-refractivity contribution is 5.94. The zero-order valence-electron chi connectivity index (χ0n) is 22.5. The van der Waals surface area contributed by atoms with E-state index in [0.29, 0.717) is 32.2 Å². The van der Waals surface area contributed by atoms with Crippen molar-refractivity contribution in [3.05, 3.63) is 29.8 Å². The molecule has 0 saturated carbocycles. The van der Waals surface area contributed by atoms with Crippen molar-refractivity contribution in [3.63, 3.8) is 0 Å². The fraction of sp³-hybridized carbons (Fsp3) is 0.577. The summed E-state index contributed by atoms with van der Waals surface area (Å²) in [7, 11) is 0. The zero-order chi connectivity index (χ0) is 29.1. The number of carbonyl (C=O) groups excluding carboxylic acids is 3. The highest BCUT2D eigenvalue weighted by Gasteiger charge is 2.39. The van der Waals surface area contributed by atoms with Gasteiger partial charge < -0.3 is 42.9 Å². The van der Waals surface area contributed by atoms with E-state index in [-0.39, 0.29) is 37.0 Å². The number of amides is 3. The Hall–Kier alpha value is -3.87. The molecule has 216 valence electrons. The Morgan fingerprint density at radius 3 is 2.36 bits per heavy atom. The average molecular weight is 548 g/mol. The first kappa shape index (κ1) is 31.3. The maximum Gasteiger partial charge on any atom is 0.326 e. The standard InChI is InChI=1S/C26H41N7O6/c1-15(2)13-20(32-22(35)18(27)14-16-7-9-17(34)10-8-16)24(37)33-12-4-6-21(33)23(36)31-19(25(38)39)5-3-11-30-26(28)29/h7-10,15,18-21,34H,3-6,11-14,27H2,1-2H3,(H,31,36)(H,32,35)(H,38,39)(H4,28,29,30). The summed E-state index contributed by atoms with van der Waals surface area (Å²) in [6, 6.07) is 2.50. The van der Waals surface area contributed by atoms with Crippen LogP contribution in [0.1, 0.15) is 51.5 Å². The van der Waals surface area contributed by atoms with E-state index in [1.807, 2.05) is 13.8 Å². The van der Waals surface area contributed by atoms with Crippen LogP contribution in [-0.2, 0) is 25.6 Å². The van der Waals surface area contributed by atoms with Gasteiger partial charge in [0.1, 0.15) is 23.9 Å². The maximum absolute atomic E-state index is 13.6. The molecule has 1 saturated heterocycles. The van der Waals surface area contributed by atoms with E-state index >= 15 is 0 Å². The molecule has 4 unspecified atom stereocenters. The van der Waals surface area contributed by atoms with E-state index in [1.165, 1.54) is 17.0 Å². The third kappa shape index (κ3) is 10.1. The van der Waals surface area contributed by atoms with Crippen LogP contribution >= 0.6 is 0 Å². The topological polar surface area (TPSA) is 226 Å². The number of carbonyl (C=O) groups is 4. The van der Waals surface area contributed by atoms with Gasteiger partial charge in [0, 0.05) is 13.1 Å². The molecule has 0 aromatic heterocycles. The second-order valence-corrected chi connectivity index (χ2v) is 10.2. The third-order valence-corrected chi connectivity index (χ3v) is 6.45. The fourth-order valence-electron chi connectivity index (χ4n) is 4.48. The normalized spacial score (nSPS) is 17.2. The predicted octanol–water partition coefficient (Wildman–Crippen LogP) is -0.593. The van der Waals surface area contributed by atoms with Gasteiger partial charge in [0.2, 0.25) is 17.7 Å². The van der Waals surface area contributed by atoms with Crippen molar-refractivity contribution in [1.29, 1.82) is 0 Å². The second-order valence-electron chi connectivity index (χ2n) is 10.2. The van der Waals surface area contributed by atoms with Crippen molar-refractivity contribution >= 4 is 29.7 Å². The number of aliphatic imine (C=N–C) groups is 1. The minimum absolute atomic E-state index is 0.0593. The van der Waals surface area contributed by atoms with Gasteiger partial charge in [-0.15, -0.1) is 0 Å². The Morgan fingerprint density at radius 2 is 1.77 bits per heavy atom. The Bertz CT molecular complexity index is 1030. The van der Waals surface area contributed by atoms with Crippen molar-refractivity contribution in [1.82, 2.24) is 15.5 Å². The molecule has 10 N–H and O–H groups in total. The molecule has 0 bridgehead atoms. The van der Waals surface area contributed by atoms with Gasteiger partial charge in [-0.3, -0.25) is 19.4 Å². The number of nitrogens with zero attached hydrogens (tertiary/aromatic N) is 2. The zero-order valence-corrected chi connectivity index (χ0v) is 22.5. The predicted molar refractivity (Wildman–Crippen MR) is 145 cm³/mol. The van der Waals surface area contributed by atoms with Gasteiger partial charge in [-0.2, -0.15) is 0 Å². The fourth-order valence-corrected chi connectivity index (χ4v) is 4.48. The van der Waals surface area contributed by atoms with Gasteiger partial charge in [-0.1, -0.05) is 26.0 Å². The van der Waals surface area contributed by atoms with Crippen molar-refractivity contribution < 1.29 is 29.4 Å². The number of guanidine groups is 1. The van der Waals surface area contributed by atoms with Crippen LogP contribution < -0.4 is 27.8 Å². The summed E-state index contributed by atoms with van der Waals surface area (Å²) in [4.78, 5) is 56.4. The molecule has 13 nitrogen and oxygen atoms in total. The molecular formula is C26H41N7O6. The maximum atomic E-state index is 13.6. The summed E-state index contributed by atoms with van der Waals surface area (Å²) < 4.78 is 0. The third-order valence-electron chi connectivity index (χ3n) is 6.45. The molecule has 1 aromatic rings. The highest BCUT2D eigenvalue weighted by atomic mass is 16.4.